The molecule has 6 N–H and O–H groups in total. The van der Waals surface area contributed by atoms with Crippen LogP contribution in [0.1, 0.15) is 0 Å². The highest BCUT2D eigenvalue weighted by atomic mass is 32.2. The number of phenolic OH excluding ortho intramolecular Hbond substituents is 4. The van der Waals surface area contributed by atoms with E-state index >= 15 is 0 Å². The van der Waals surface area contributed by atoms with E-state index in [9.17, 15) is 66.6 Å². The zero-order valence-corrected chi connectivity index (χ0v) is 26.9. The molecule has 0 saturated heterocycles. The van der Waals surface area contributed by atoms with Gasteiger partial charge in [0.25, 0.3) is 31.6 Å². The number of rotatable bonds is 10. The topological polar surface area (TPSA) is 350 Å². The van der Waals surface area contributed by atoms with Gasteiger partial charge < -0.3 is 20.4 Å². The number of azo groups is 3. The monoisotopic (exact) mass is 754 g/mol. The zero-order valence-electron chi connectivity index (χ0n) is 25.3. The van der Waals surface area contributed by atoms with Crippen LogP contribution in [0.25, 0.3) is 10.8 Å². The molecule has 0 radical (unpaired) electrons. The number of nitro groups is 2. The number of benzene rings is 5. The van der Waals surface area contributed by atoms with Gasteiger partial charge in [0.15, 0.2) is 11.4 Å². The summed E-state index contributed by atoms with van der Waals surface area (Å²) in [5, 5.41) is 85.4. The second-order valence-corrected chi connectivity index (χ2v) is 13.0. The molecule has 0 spiro atoms. The van der Waals surface area contributed by atoms with Crippen molar-refractivity contribution in [3.63, 3.8) is 0 Å². The van der Waals surface area contributed by atoms with Crippen LogP contribution in [0, 0.1) is 20.2 Å². The van der Waals surface area contributed by atoms with Crippen LogP contribution in [0.4, 0.5) is 45.5 Å². The third-order valence-corrected chi connectivity index (χ3v) is 8.51. The predicted molar refractivity (Wildman–Crippen MR) is 175 cm³/mol. The van der Waals surface area contributed by atoms with E-state index in [0.717, 1.165) is 54.6 Å². The molecule has 0 bridgehead atoms. The van der Waals surface area contributed by atoms with Gasteiger partial charge in [-0.3, -0.25) is 29.3 Å². The SMILES string of the molecule is O=[N+]([O-])c1ccc(N=Nc2c(S(=O)(=O)O)cc(N=Nc3c(O)ccc(N=Nc4cc([N+](=O)[O-])ccc4O)c3O)c3c(O)cc(S(=O)(=O)O)cc23)cc1. The molecule has 22 nitrogen and oxygen atoms in total. The molecule has 0 atom stereocenters. The largest absolute Gasteiger partial charge is 0.507 e. The van der Waals surface area contributed by atoms with Crippen molar-refractivity contribution in [1.29, 1.82) is 0 Å². The van der Waals surface area contributed by atoms with Gasteiger partial charge in [-0.25, -0.2) is 0 Å². The van der Waals surface area contributed by atoms with Crippen LogP contribution in [0.3, 0.4) is 0 Å². The van der Waals surface area contributed by atoms with E-state index in [1.54, 1.807) is 0 Å². The molecule has 0 unspecified atom stereocenters. The summed E-state index contributed by atoms with van der Waals surface area (Å²) in [6.07, 6.45) is 0. The van der Waals surface area contributed by atoms with Gasteiger partial charge >= 0.3 is 0 Å². The average molecular weight is 755 g/mol. The minimum Gasteiger partial charge on any atom is -0.507 e. The Labute approximate surface area is 288 Å². The van der Waals surface area contributed by atoms with Crippen LogP contribution in [0.2, 0.25) is 0 Å². The first-order chi connectivity index (χ1) is 24.3. The lowest BCUT2D eigenvalue weighted by atomic mass is 10.1. The molecule has 0 aliphatic carbocycles. The Morgan fingerprint density at radius 3 is 1.73 bits per heavy atom. The number of nitrogens with zero attached hydrogens (tertiary/aromatic N) is 8. The van der Waals surface area contributed by atoms with Crippen molar-refractivity contribution in [1.82, 2.24) is 0 Å². The Balaban J connectivity index is 1.69. The van der Waals surface area contributed by atoms with E-state index in [4.69, 9.17) is 0 Å². The fourth-order valence-electron chi connectivity index (χ4n) is 4.39. The summed E-state index contributed by atoms with van der Waals surface area (Å²) in [5.41, 5.74) is -3.84. The van der Waals surface area contributed by atoms with Crippen molar-refractivity contribution < 1.29 is 56.2 Å². The van der Waals surface area contributed by atoms with E-state index < -0.39 is 102 Å². The Morgan fingerprint density at radius 2 is 1.12 bits per heavy atom. The van der Waals surface area contributed by atoms with Crippen molar-refractivity contribution in [2.45, 2.75) is 9.79 Å². The summed E-state index contributed by atoms with van der Waals surface area (Å²) in [6, 6.07) is 11.0. The predicted octanol–water partition coefficient (Wildman–Crippen LogP) is 7.22. The van der Waals surface area contributed by atoms with Gasteiger partial charge in [0, 0.05) is 35.7 Å². The highest BCUT2D eigenvalue weighted by Gasteiger charge is 2.26. The summed E-state index contributed by atoms with van der Waals surface area (Å²) >= 11 is 0. The van der Waals surface area contributed by atoms with Crippen molar-refractivity contribution in [3.05, 3.63) is 93.0 Å². The molecule has 5 rings (SSSR count). The normalized spacial score (nSPS) is 12.3. The van der Waals surface area contributed by atoms with Crippen molar-refractivity contribution in [2.24, 2.45) is 30.7 Å². The van der Waals surface area contributed by atoms with E-state index in [2.05, 4.69) is 30.7 Å². The fourth-order valence-corrected chi connectivity index (χ4v) is 5.57. The molecule has 0 aliphatic heterocycles. The van der Waals surface area contributed by atoms with Crippen LogP contribution < -0.4 is 0 Å². The summed E-state index contributed by atoms with van der Waals surface area (Å²) < 4.78 is 68.9. The number of phenols is 4. The molecule has 0 heterocycles. The van der Waals surface area contributed by atoms with Crippen LogP contribution in [-0.4, -0.2) is 56.2 Å². The van der Waals surface area contributed by atoms with Gasteiger partial charge in [0.05, 0.1) is 31.5 Å². The van der Waals surface area contributed by atoms with Crippen molar-refractivity contribution >= 4 is 76.5 Å². The Morgan fingerprint density at radius 1 is 0.538 bits per heavy atom. The lowest BCUT2D eigenvalue weighted by molar-refractivity contribution is -0.385. The lowest BCUT2D eigenvalue weighted by Crippen LogP contribution is -2.01. The van der Waals surface area contributed by atoms with Crippen LogP contribution >= 0.6 is 0 Å². The highest BCUT2D eigenvalue weighted by Crippen LogP contribution is 2.48. The van der Waals surface area contributed by atoms with Gasteiger partial charge in [-0.2, -0.15) is 21.9 Å². The van der Waals surface area contributed by atoms with E-state index in [0.29, 0.717) is 18.2 Å². The first kappa shape index (κ1) is 36.3. The van der Waals surface area contributed by atoms with E-state index in [-0.39, 0.29) is 17.1 Å². The second kappa shape index (κ2) is 13.7. The molecule has 24 heteroatoms. The summed E-state index contributed by atoms with van der Waals surface area (Å²) in [4.78, 5) is 18.5. The molecular weight excluding hydrogens is 736 g/mol. The van der Waals surface area contributed by atoms with Crippen LogP contribution in [0.5, 0.6) is 23.0 Å². The van der Waals surface area contributed by atoms with Crippen LogP contribution in [0.15, 0.2) is 113 Å². The number of hydrogen-bond acceptors (Lipinski definition) is 18. The number of nitro benzene ring substituents is 2. The highest BCUT2D eigenvalue weighted by molar-refractivity contribution is 7.86. The Bertz CT molecular complexity index is 2630. The minimum absolute atomic E-state index is 0.0809. The Hall–Kier alpha value is -7.02. The molecule has 0 aromatic heterocycles. The first-order valence-corrected chi connectivity index (χ1v) is 16.5. The molecule has 0 saturated carbocycles. The molecular formula is C28H18N8O14S2. The number of non-ortho nitro benzene ring substituents is 2. The maximum Gasteiger partial charge on any atom is 0.296 e. The number of hydrogen-bond donors (Lipinski definition) is 6. The summed E-state index contributed by atoms with van der Waals surface area (Å²) in [7, 11) is -10.4. The fraction of sp³-hybridized carbons (Fsp3) is 0. The molecule has 5 aromatic rings. The third kappa shape index (κ3) is 7.58. The van der Waals surface area contributed by atoms with Crippen LogP contribution in [-0.2, 0) is 20.2 Å². The molecule has 0 amide bonds. The molecule has 0 fully saturated rings. The van der Waals surface area contributed by atoms with Crippen molar-refractivity contribution in [2.75, 3.05) is 0 Å². The summed E-state index contributed by atoms with van der Waals surface area (Å²) in [5.74, 6) is -3.13. The molecule has 0 aliphatic rings. The lowest BCUT2D eigenvalue weighted by Gasteiger charge is -2.12. The standard InChI is InChI=1S/C28H18N8O14S2/c37-21-7-5-15(36(43)44)9-19(21)31-30-18-6-8-22(38)27(28(18)40)34-32-20-12-24(52(48,49)50)26(33-29-13-1-3-14(4-2-13)35(41)42)17-10-16(51(45,46)47)11-23(39)25(17)20/h1-12,37-40H,(H,45,46,47)(H,48,49,50). The quantitative estimate of drug-likeness (QED) is 0.0355. The molecule has 266 valence electrons. The Kier molecular flexibility index (Phi) is 9.56. The van der Waals surface area contributed by atoms with Gasteiger partial charge in [-0.1, -0.05) is 0 Å². The zero-order chi connectivity index (χ0) is 38.1. The maximum absolute atomic E-state index is 12.6. The average Bonchev–Trinajstić information content (AvgIpc) is 3.06. The first-order valence-electron chi connectivity index (χ1n) is 13.7. The molecule has 5 aromatic carbocycles. The third-order valence-electron chi connectivity index (χ3n) is 6.81. The van der Waals surface area contributed by atoms with Gasteiger partial charge in [0.1, 0.15) is 39.2 Å². The van der Waals surface area contributed by atoms with E-state index in [1.165, 1.54) is 0 Å². The molecule has 52 heavy (non-hydrogen) atoms. The number of fused-ring (bicyclic) bond motifs is 1. The second-order valence-electron chi connectivity index (χ2n) is 10.2. The smallest absolute Gasteiger partial charge is 0.296 e. The number of aromatic hydroxyl groups is 4. The maximum atomic E-state index is 12.6. The van der Waals surface area contributed by atoms with Gasteiger partial charge in [-0.15, -0.1) is 25.6 Å². The van der Waals surface area contributed by atoms with Gasteiger partial charge in [0.2, 0.25) is 0 Å². The van der Waals surface area contributed by atoms with Crippen molar-refractivity contribution in [3.8, 4) is 23.0 Å². The summed E-state index contributed by atoms with van der Waals surface area (Å²) in [6.45, 7) is 0. The van der Waals surface area contributed by atoms with Gasteiger partial charge in [-0.05, 0) is 42.5 Å². The minimum atomic E-state index is -5.31. The van der Waals surface area contributed by atoms with E-state index in [1.807, 2.05) is 0 Å².